The van der Waals surface area contributed by atoms with Crippen LogP contribution in [0.4, 0.5) is 0 Å². The predicted molar refractivity (Wildman–Crippen MR) is 102 cm³/mol. The molecular weight excluding hydrogens is 348 g/mol. The van der Waals surface area contributed by atoms with E-state index < -0.39 is 0 Å². The highest BCUT2D eigenvalue weighted by molar-refractivity contribution is 8.00. The van der Waals surface area contributed by atoms with Gasteiger partial charge in [-0.2, -0.15) is 0 Å². The minimum Gasteiger partial charge on any atom is -0.497 e. The van der Waals surface area contributed by atoms with Crippen LogP contribution in [-0.4, -0.2) is 28.6 Å². The van der Waals surface area contributed by atoms with Gasteiger partial charge in [0.1, 0.15) is 27.7 Å². The second-order valence-corrected chi connectivity index (χ2v) is 6.76. The second kappa shape index (κ2) is 6.80. The summed E-state index contributed by atoms with van der Waals surface area (Å²) < 4.78 is 11.1. The number of ketones is 1. The van der Waals surface area contributed by atoms with Crippen LogP contribution in [0.2, 0.25) is 0 Å². The van der Waals surface area contributed by atoms with Gasteiger partial charge in [0.05, 0.1) is 12.9 Å². The number of aromatic nitrogens is 2. The SMILES string of the molecule is COc1ccc(C(=O)CSc2nc(C)nc3c2oc2ccccc23)cc1. The summed E-state index contributed by atoms with van der Waals surface area (Å²) in [6.45, 7) is 1.84. The molecule has 0 bridgehead atoms. The van der Waals surface area contributed by atoms with Gasteiger partial charge in [-0.3, -0.25) is 4.79 Å². The zero-order valence-electron chi connectivity index (χ0n) is 14.4. The normalized spacial score (nSPS) is 11.2. The Bertz CT molecular complexity index is 1100. The van der Waals surface area contributed by atoms with Crippen molar-refractivity contribution in [2.24, 2.45) is 0 Å². The molecule has 0 saturated heterocycles. The minimum absolute atomic E-state index is 0.0261. The van der Waals surface area contributed by atoms with E-state index in [1.54, 1.807) is 31.4 Å². The lowest BCUT2D eigenvalue weighted by Crippen LogP contribution is -2.03. The molecular formula is C20H16N2O3S. The van der Waals surface area contributed by atoms with E-state index >= 15 is 0 Å². The largest absolute Gasteiger partial charge is 0.497 e. The number of carbonyl (C=O) groups excluding carboxylic acids is 1. The van der Waals surface area contributed by atoms with Crippen LogP contribution in [0, 0.1) is 6.92 Å². The molecule has 2 aromatic heterocycles. The van der Waals surface area contributed by atoms with Gasteiger partial charge in [0.25, 0.3) is 0 Å². The molecule has 0 N–H and O–H groups in total. The average molecular weight is 364 g/mol. The molecule has 2 aromatic carbocycles. The fraction of sp³-hybridized carbons (Fsp3) is 0.150. The number of thioether (sulfide) groups is 1. The summed E-state index contributed by atoms with van der Waals surface area (Å²) in [5.41, 5.74) is 2.83. The van der Waals surface area contributed by atoms with Crippen molar-refractivity contribution in [3.63, 3.8) is 0 Å². The summed E-state index contributed by atoms with van der Waals surface area (Å²) in [4.78, 5) is 21.5. The number of benzene rings is 2. The molecule has 0 radical (unpaired) electrons. The van der Waals surface area contributed by atoms with Crippen molar-refractivity contribution in [3.8, 4) is 5.75 Å². The number of hydrogen-bond donors (Lipinski definition) is 0. The fourth-order valence-corrected chi connectivity index (χ4v) is 3.66. The van der Waals surface area contributed by atoms with Crippen LogP contribution in [0.1, 0.15) is 16.2 Å². The quantitative estimate of drug-likeness (QED) is 0.291. The summed E-state index contributed by atoms with van der Waals surface area (Å²) in [6.07, 6.45) is 0. The highest BCUT2D eigenvalue weighted by Crippen LogP contribution is 2.33. The number of hydrogen-bond acceptors (Lipinski definition) is 6. The van der Waals surface area contributed by atoms with Gasteiger partial charge in [0, 0.05) is 10.9 Å². The molecule has 0 aliphatic heterocycles. The number of fused-ring (bicyclic) bond motifs is 3. The zero-order chi connectivity index (χ0) is 18.1. The summed E-state index contributed by atoms with van der Waals surface area (Å²) in [5, 5.41) is 1.64. The van der Waals surface area contributed by atoms with Gasteiger partial charge in [0.15, 0.2) is 11.4 Å². The van der Waals surface area contributed by atoms with E-state index in [0.717, 1.165) is 22.2 Å². The van der Waals surface area contributed by atoms with Crippen molar-refractivity contribution >= 4 is 39.6 Å². The first-order valence-electron chi connectivity index (χ1n) is 8.11. The number of furan rings is 1. The Morgan fingerprint density at radius 1 is 1.12 bits per heavy atom. The van der Waals surface area contributed by atoms with E-state index in [4.69, 9.17) is 9.15 Å². The van der Waals surface area contributed by atoms with Crippen LogP contribution >= 0.6 is 11.8 Å². The third kappa shape index (κ3) is 3.04. The van der Waals surface area contributed by atoms with Gasteiger partial charge in [-0.25, -0.2) is 9.97 Å². The Labute approximate surface area is 154 Å². The average Bonchev–Trinajstić information content (AvgIpc) is 3.04. The molecule has 2 heterocycles. The number of ether oxygens (including phenoxy) is 1. The van der Waals surface area contributed by atoms with E-state index in [0.29, 0.717) is 22.0 Å². The van der Waals surface area contributed by atoms with Crippen LogP contribution in [0.15, 0.2) is 58.0 Å². The van der Waals surface area contributed by atoms with Gasteiger partial charge in [0.2, 0.25) is 0 Å². The Hall–Kier alpha value is -2.86. The summed E-state index contributed by atoms with van der Waals surface area (Å²) in [7, 11) is 1.60. The number of rotatable bonds is 5. The zero-order valence-corrected chi connectivity index (χ0v) is 15.2. The van der Waals surface area contributed by atoms with Crippen LogP contribution in [0.3, 0.4) is 0 Å². The number of methoxy groups -OCH3 is 1. The van der Waals surface area contributed by atoms with Crippen molar-refractivity contribution in [2.75, 3.05) is 12.9 Å². The third-order valence-corrected chi connectivity index (χ3v) is 5.01. The first-order chi connectivity index (χ1) is 12.7. The minimum atomic E-state index is 0.0261. The van der Waals surface area contributed by atoms with E-state index in [1.165, 1.54) is 11.8 Å². The first-order valence-corrected chi connectivity index (χ1v) is 9.10. The van der Waals surface area contributed by atoms with Gasteiger partial charge in [-0.05, 0) is 43.3 Å². The predicted octanol–water partition coefficient (Wildman–Crippen LogP) is 4.67. The standard InChI is InChI=1S/C20H16N2O3S/c1-12-21-18-15-5-3-4-6-17(15)25-19(18)20(22-12)26-11-16(23)13-7-9-14(24-2)10-8-13/h3-10H,11H2,1-2H3. The van der Waals surface area contributed by atoms with E-state index in [9.17, 15) is 4.79 Å². The van der Waals surface area contributed by atoms with Crippen molar-refractivity contribution < 1.29 is 13.9 Å². The molecule has 0 unspecified atom stereocenters. The number of Topliss-reactive ketones (excluding diaryl/α,β-unsaturated/α-hetero) is 1. The Kier molecular flexibility index (Phi) is 4.34. The molecule has 4 rings (SSSR count). The Balaban J connectivity index is 1.63. The Morgan fingerprint density at radius 3 is 2.65 bits per heavy atom. The molecule has 0 fully saturated rings. The first kappa shape index (κ1) is 16.6. The maximum atomic E-state index is 12.5. The van der Waals surface area contributed by atoms with Gasteiger partial charge in [-0.1, -0.05) is 23.9 Å². The van der Waals surface area contributed by atoms with Gasteiger partial charge >= 0.3 is 0 Å². The third-order valence-electron chi connectivity index (χ3n) is 4.05. The Morgan fingerprint density at radius 2 is 1.88 bits per heavy atom. The van der Waals surface area contributed by atoms with Crippen molar-refractivity contribution in [1.82, 2.24) is 9.97 Å². The van der Waals surface area contributed by atoms with E-state index in [-0.39, 0.29) is 11.5 Å². The molecule has 0 atom stereocenters. The van der Waals surface area contributed by atoms with Crippen molar-refractivity contribution in [1.29, 1.82) is 0 Å². The van der Waals surface area contributed by atoms with Gasteiger partial charge in [-0.15, -0.1) is 0 Å². The van der Waals surface area contributed by atoms with Gasteiger partial charge < -0.3 is 9.15 Å². The topological polar surface area (TPSA) is 65.2 Å². The highest BCUT2D eigenvalue weighted by Gasteiger charge is 2.16. The molecule has 0 aliphatic carbocycles. The van der Waals surface area contributed by atoms with E-state index in [2.05, 4.69) is 9.97 Å². The fourth-order valence-electron chi connectivity index (χ4n) is 2.76. The van der Waals surface area contributed by atoms with Crippen LogP contribution in [0.5, 0.6) is 5.75 Å². The monoisotopic (exact) mass is 364 g/mol. The molecule has 0 spiro atoms. The molecule has 0 saturated carbocycles. The highest BCUT2D eigenvalue weighted by atomic mass is 32.2. The smallest absolute Gasteiger partial charge is 0.186 e. The number of nitrogens with zero attached hydrogens (tertiary/aromatic N) is 2. The van der Waals surface area contributed by atoms with Crippen LogP contribution < -0.4 is 4.74 Å². The molecule has 0 aliphatic rings. The van der Waals surface area contributed by atoms with E-state index in [1.807, 2.05) is 31.2 Å². The molecule has 130 valence electrons. The number of para-hydroxylation sites is 1. The summed E-state index contributed by atoms with van der Waals surface area (Å²) >= 11 is 1.37. The second-order valence-electron chi connectivity index (χ2n) is 5.79. The molecule has 0 amide bonds. The van der Waals surface area contributed by atoms with Crippen LogP contribution in [0.25, 0.3) is 22.1 Å². The summed E-state index contributed by atoms with van der Waals surface area (Å²) in [5.74, 6) is 1.68. The van der Waals surface area contributed by atoms with Crippen molar-refractivity contribution in [3.05, 3.63) is 59.9 Å². The molecule has 5 nitrogen and oxygen atoms in total. The molecule has 4 aromatic rings. The number of carbonyl (C=O) groups is 1. The lowest BCUT2D eigenvalue weighted by atomic mass is 10.1. The maximum absolute atomic E-state index is 12.5. The molecule has 6 heteroatoms. The maximum Gasteiger partial charge on any atom is 0.186 e. The lowest BCUT2D eigenvalue weighted by Gasteiger charge is -2.04. The lowest BCUT2D eigenvalue weighted by molar-refractivity contribution is 0.102. The van der Waals surface area contributed by atoms with Crippen molar-refractivity contribution in [2.45, 2.75) is 11.9 Å². The van der Waals surface area contributed by atoms with Crippen LogP contribution in [-0.2, 0) is 0 Å². The number of aryl methyl sites for hydroxylation is 1. The summed E-state index contributed by atoms with van der Waals surface area (Å²) in [6, 6.07) is 14.9. The molecule has 26 heavy (non-hydrogen) atoms.